The van der Waals surface area contributed by atoms with Gasteiger partial charge in [0.05, 0.1) is 6.61 Å². The molecule has 0 aromatic rings. The molecule has 0 aromatic carbocycles. The number of rotatable bonds is 4. The van der Waals surface area contributed by atoms with Gasteiger partial charge in [-0.05, 0) is 32.1 Å². The summed E-state index contributed by atoms with van der Waals surface area (Å²) in [5.41, 5.74) is 0. The monoisotopic (exact) mass is 184 g/mol. The Hall–Kier alpha value is -0.570. The van der Waals surface area contributed by atoms with E-state index in [1.165, 1.54) is 0 Å². The Morgan fingerprint density at radius 2 is 2.15 bits per heavy atom. The fraction of sp³-hybridized carbons (Fsp3) is 0.900. The zero-order chi connectivity index (χ0) is 9.52. The molecule has 13 heavy (non-hydrogen) atoms. The van der Waals surface area contributed by atoms with Crippen LogP contribution >= 0.6 is 0 Å². The van der Waals surface area contributed by atoms with Gasteiger partial charge >= 0.3 is 5.97 Å². The summed E-state index contributed by atoms with van der Waals surface area (Å²) in [7, 11) is 0. The molecule has 1 heterocycles. The summed E-state index contributed by atoms with van der Waals surface area (Å²) in [6, 6.07) is 0. The van der Waals surface area contributed by atoms with Crippen molar-refractivity contribution in [1.82, 2.24) is 5.32 Å². The van der Waals surface area contributed by atoms with Crippen molar-refractivity contribution < 1.29 is 9.53 Å². The second-order valence-corrected chi connectivity index (χ2v) is 3.46. The van der Waals surface area contributed by atoms with Crippen molar-refractivity contribution in [1.29, 1.82) is 0 Å². The van der Waals surface area contributed by atoms with Crippen molar-refractivity contribution in [3.05, 3.63) is 0 Å². The number of hydrogen-bond donors (Lipinski definition) is 0. The third-order valence-corrected chi connectivity index (χ3v) is 2.45. The lowest BCUT2D eigenvalue weighted by Gasteiger charge is -2.20. The van der Waals surface area contributed by atoms with Gasteiger partial charge in [-0.3, -0.25) is 4.79 Å². The fourth-order valence-electron chi connectivity index (χ4n) is 1.65. The Bertz CT molecular complexity index is 153. The van der Waals surface area contributed by atoms with Crippen molar-refractivity contribution in [3.63, 3.8) is 0 Å². The van der Waals surface area contributed by atoms with Gasteiger partial charge in [-0.25, -0.2) is 5.32 Å². The SMILES string of the molecule is CCOC(=O)CCC1CC[N]CC1. The van der Waals surface area contributed by atoms with Gasteiger partial charge in [-0.15, -0.1) is 0 Å². The van der Waals surface area contributed by atoms with Gasteiger partial charge in [0.15, 0.2) is 0 Å². The molecule has 75 valence electrons. The highest BCUT2D eigenvalue weighted by Gasteiger charge is 2.15. The smallest absolute Gasteiger partial charge is 0.305 e. The lowest BCUT2D eigenvalue weighted by molar-refractivity contribution is -0.143. The first-order chi connectivity index (χ1) is 6.33. The minimum absolute atomic E-state index is 0.0509. The summed E-state index contributed by atoms with van der Waals surface area (Å²) in [5.74, 6) is 0.645. The summed E-state index contributed by atoms with van der Waals surface area (Å²) < 4.78 is 4.87. The molecule has 3 nitrogen and oxygen atoms in total. The zero-order valence-corrected chi connectivity index (χ0v) is 8.29. The third-order valence-electron chi connectivity index (χ3n) is 2.45. The van der Waals surface area contributed by atoms with Crippen LogP contribution in [0.2, 0.25) is 0 Å². The van der Waals surface area contributed by atoms with Gasteiger partial charge in [-0.1, -0.05) is 0 Å². The van der Waals surface area contributed by atoms with E-state index in [-0.39, 0.29) is 5.97 Å². The van der Waals surface area contributed by atoms with Crippen LogP contribution in [0.5, 0.6) is 0 Å². The number of ether oxygens (including phenoxy) is 1. The van der Waals surface area contributed by atoms with Crippen LogP contribution in [-0.4, -0.2) is 25.7 Å². The maximum absolute atomic E-state index is 11.0. The minimum atomic E-state index is -0.0509. The van der Waals surface area contributed by atoms with Crippen molar-refractivity contribution in [2.24, 2.45) is 5.92 Å². The lowest BCUT2D eigenvalue weighted by atomic mass is 9.93. The van der Waals surface area contributed by atoms with Gasteiger partial charge in [0.25, 0.3) is 0 Å². The van der Waals surface area contributed by atoms with Gasteiger partial charge in [0.2, 0.25) is 0 Å². The molecule has 0 aliphatic carbocycles. The van der Waals surface area contributed by atoms with Crippen LogP contribution in [0.4, 0.5) is 0 Å². The van der Waals surface area contributed by atoms with E-state index in [2.05, 4.69) is 5.32 Å². The topological polar surface area (TPSA) is 40.4 Å². The van der Waals surface area contributed by atoms with E-state index in [1.54, 1.807) is 0 Å². The molecule has 1 radical (unpaired) electrons. The molecule has 0 bridgehead atoms. The molecule has 1 rings (SSSR count). The van der Waals surface area contributed by atoms with Gasteiger partial charge in [0.1, 0.15) is 0 Å². The number of carbonyl (C=O) groups is 1. The Morgan fingerprint density at radius 1 is 1.46 bits per heavy atom. The second kappa shape index (κ2) is 5.97. The molecule has 0 atom stereocenters. The summed E-state index contributed by atoms with van der Waals surface area (Å²) in [6.45, 7) is 4.30. The van der Waals surface area contributed by atoms with Crippen molar-refractivity contribution in [2.75, 3.05) is 19.7 Å². The second-order valence-electron chi connectivity index (χ2n) is 3.46. The number of hydrogen-bond acceptors (Lipinski definition) is 2. The van der Waals surface area contributed by atoms with E-state index < -0.39 is 0 Å². The molecule has 0 unspecified atom stereocenters. The van der Waals surface area contributed by atoms with E-state index >= 15 is 0 Å². The van der Waals surface area contributed by atoms with Crippen LogP contribution in [0, 0.1) is 5.92 Å². The van der Waals surface area contributed by atoms with Crippen molar-refractivity contribution in [3.8, 4) is 0 Å². The van der Waals surface area contributed by atoms with Crippen LogP contribution in [0.3, 0.4) is 0 Å². The number of esters is 1. The first-order valence-corrected chi connectivity index (χ1v) is 5.11. The molecule has 1 aliphatic heterocycles. The molecule has 0 N–H and O–H groups in total. The molecule has 1 aliphatic rings. The summed E-state index contributed by atoms with van der Waals surface area (Å²) in [5, 5.41) is 4.27. The standard InChI is InChI=1S/C10H18NO2/c1-2-13-10(12)4-3-9-5-7-11-8-6-9/h9H,2-8H2,1H3. The first kappa shape index (κ1) is 10.5. The Morgan fingerprint density at radius 3 is 2.77 bits per heavy atom. The largest absolute Gasteiger partial charge is 0.466 e. The van der Waals surface area contributed by atoms with Gasteiger partial charge in [-0.2, -0.15) is 0 Å². The number of carbonyl (C=O) groups excluding carboxylic acids is 1. The minimum Gasteiger partial charge on any atom is -0.466 e. The fourth-order valence-corrected chi connectivity index (χ4v) is 1.65. The Kier molecular flexibility index (Phi) is 4.83. The average molecular weight is 184 g/mol. The molecule has 1 fully saturated rings. The normalized spacial score (nSPS) is 18.5. The number of nitrogens with zero attached hydrogens (tertiary/aromatic N) is 1. The molecule has 0 amide bonds. The maximum Gasteiger partial charge on any atom is 0.305 e. The molecular weight excluding hydrogens is 166 g/mol. The Balaban J connectivity index is 2.06. The lowest BCUT2D eigenvalue weighted by Crippen LogP contribution is -2.23. The van der Waals surface area contributed by atoms with Crippen molar-refractivity contribution in [2.45, 2.75) is 32.6 Å². The maximum atomic E-state index is 11.0. The highest BCUT2D eigenvalue weighted by molar-refractivity contribution is 5.69. The highest BCUT2D eigenvalue weighted by Crippen LogP contribution is 2.18. The average Bonchev–Trinajstić information content (AvgIpc) is 2.17. The third kappa shape index (κ3) is 4.27. The van der Waals surface area contributed by atoms with Gasteiger partial charge < -0.3 is 4.74 Å². The van der Waals surface area contributed by atoms with Crippen LogP contribution in [-0.2, 0) is 9.53 Å². The van der Waals surface area contributed by atoms with E-state index in [4.69, 9.17) is 4.74 Å². The van der Waals surface area contributed by atoms with Crippen LogP contribution < -0.4 is 5.32 Å². The molecule has 1 saturated heterocycles. The van der Waals surface area contributed by atoms with E-state index in [9.17, 15) is 4.79 Å². The zero-order valence-electron chi connectivity index (χ0n) is 8.29. The highest BCUT2D eigenvalue weighted by atomic mass is 16.5. The van der Waals surface area contributed by atoms with Crippen LogP contribution in [0.15, 0.2) is 0 Å². The molecule has 0 aromatic heterocycles. The first-order valence-electron chi connectivity index (χ1n) is 5.11. The van der Waals surface area contributed by atoms with Crippen LogP contribution in [0.1, 0.15) is 32.6 Å². The summed E-state index contributed by atoms with van der Waals surface area (Å²) >= 11 is 0. The summed E-state index contributed by atoms with van der Waals surface area (Å²) in [4.78, 5) is 11.0. The van der Waals surface area contributed by atoms with E-state index in [1.807, 2.05) is 6.92 Å². The van der Waals surface area contributed by atoms with E-state index in [0.29, 0.717) is 18.9 Å². The molecule has 0 spiro atoms. The molecule has 0 saturated carbocycles. The molecule has 3 heteroatoms. The predicted molar refractivity (Wildman–Crippen MR) is 50.5 cm³/mol. The van der Waals surface area contributed by atoms with Gasteiger partial charge in [0, 0.05) is 19.5 Å². The van der Waals surface area contributed by atoms with Crippen LogP contribution in [0.25, 0.3) is 0 Å². The summed E-state index contributed by atoms with van der Waals surface area (Å²) in [6.07, 6.45) is 3.87. The predicted octanol–water partition coefficient (Wildman–Crippen LogP) is 1.34. The Labute approximate surface area is 79.8 Å². The van der Waals surface area contributed by atoms with E-state index in [0.717, 1.165) is 32.4 Å². The molecular formula is C10H18NO2. The number of piperidine rings is 1. The van der Waals surface area contributed by atoms with Crippen molar-refractivity contribution >= 4 is 5.97 Å². The quantitative estimate of drug-likeness (QED) is 0.619.